The van der Waals surface area contributed by atoms with Crippen molar-refractivity contribution in [1.82, 2.24) is 0 Å². The minimum atomic E-state index is -0.812. The van der Waals surface area contributed by atoms with Crippen molar-refractivity contribution in [2.75, 3.05) is 10.6 Å². The van der Waals surface area contributed by atoms with Gasteiger partial charge < -0.3 is 15.4 Å². The third-order valence-corrected chi connectivity index (χ3v) is 4.77. The molecule has 1 atom stereocenters. The summed E-state index contributed by atoms with van der Waals surface area (Å²) in [5, 5.41) is 6.39. The zero-order chi connectivity index (χ0) is 21.7. The summed E-state index contributed by atoms with van der Waals surface area (Å²) in [5.41, 5.74) is 2.65. The van der Waals surface area contributed by atoms with Crippen LogP contribution in [0.4, 0.5) is 11.4 Å². The number of anilines is 2. The summed E-state index contributed by atoms with van der Waals surface area (Å²) in [5.74, 6) is -0.291. The number of halogens is 2. The SMILES string of the molecule is Cc1cccc(NC(=O)c2cccc(NC(=O)C(C)Oc3ccc(Cl)cc3Cl)c2)c1. The molecule has 3 aromatic rings. The highest BCUT2D eigenvalue weighted by Crippen LogP contribution is 2.28. The van der Waals surface area contributed by atoms with Gasteiger partial charge in [0.25, 0.3) is 11.8 Å². The lowest BCUT2D eigenvalue weighted by Gasteiger charge is -2.16. The molecule has 0 aromatic heterocycles. The van der Waals surface area contributed by atoms with E-state index in [4.69, 9.17) is 27.9 Å². The fourth-order valence-electron chi connectivity index (χ4n) is 2.72. The summed E-state index contributed by atoms with van der Waals surface area (Å²) >= 11 is 12.0. The number of amides is 2. The van der Waals surface area contributed by atoms with E-state index in [1.807, 2.05) is 31.2 Å². The first-order chi connectivity index (χ1) is 14.3. The standard InChI is InChI=1S/C23H20Cl2N2O3/c1-14-5-3-7-18(11-14)27-23(29)16-6-4-8-19(12-16)26-22(28)15(2)30-21-10-9-17(24)13-20(21)25/h3-13,15H,1-2H3,(H,26,28)(H,27,29). The molecular formula is C23H20Cl2N2O3. The molecule has 7 heteroatoms. The van der Waals surface area contributed by atoms with E-state index in [2.05, 4.69) is 10.6 Å². The molecule has 0 radical (unpaired) electrons. The van der Waals surface area contributed by atoms with Gasteiger partial charge >= 0.3 is 0 Å². The molecule has 0 saturated carbocycles. The van der Waals surface area contributed by atoms with Crippen molar-refractivity contribution in [2.24, 2.45) is 0 Å². The molecule has 30 heavy (non-hydrogen) atoms. The largest absolute Gasteiger partial charge is 0.479 e. The summed E-state index contributed by atoms with van der Waals surface area (Å²) in [7, 11) is 0. The molecule has 0 fully saturated rings. The Morgan fingerprint density at radius 2 is 1.60 bits per heavy atom. The van der Waals surface area contributed by atoms with Crippen LogP contribution in [0.15, 0.2) is 66.7 Å². The van der Waals surface area contributed by atoms with E-state index in [0.717, 1.165) is 5.56 Å². The minimum Gasteiger partial charge on any atom is -0.479 e. The summed E-state index contributed by atoms with van der Waals surface area (Å²) < 4.78 is 5.62. The molecule has 2 N–H and O–H groups in total. The van der Waals surface area contributed by atoms with E-state index in [-0.39, 0.29) is 11.8 Å². The van der Waals surface area contributed by atoms with E-state index in [9.17, 15) is 9.59 Å². The average molecular weight is 443 g/mol. The highest BCUT2D eigenvalue weighted by atomic mass is 35.5. The Balaban J connectivity index is 1.65. The van der Waals surface area contributed by atoms with Crippen LogP contribution < -0.4 is 15.4 Å². The Hall–Kier alpha value is -3.02. The van der Waals surface area contributed by atoms with Crippen LogP contribution >= 0.6 is 23.2 Å². The average Bonchev–Trinajstić information content (AvgIpc) is 2.70. The van der Waals surface area contributed by atoms with Crippen molar-refractivity contribution in [1.29, 1.82) is 0 Å². The van der Waals surface area contributed by atoms with Gasteiger partial charge in [0.15, 0.2) is 6.10 Å². The normalized spacial score (nSPS) is 11.5. The Kier molecular flexibility index (Phi) is 6.98. The van der Waals surface area contributed by atoms with Crippen molar-refractivity contribution in [3.05, 3.63) is 87.9 Å². The second-order valence-corrected chi connectivity index (χ2v) is 7.57. The van der Waals surface area contributed by atoms with Gasteiger partial charge in [-0.3, -0.25) is 9.59 Å². The molecule has 1 unspecified atom stereocenters. The van der Waals surface area contributed by atoms with Gasteiger partial charge in [-0.15, -0.1) is 0 Å². The quantitative estimate of drug-likeness (QED) is 0.494. The number of carbonyl (C=O) groups excluding carboxylic acids is 2. The number of rotatable bonds is 6. The van der Waals surface area contributed by atoms with Crippen molar-refractivity contribution in [3.63, 3.8) is 0 Å². The number of hydrogen-bond acceptors (Lipinski definition) is 3. The zero-order valence-corrected chi connectivity index (χ0v) is 17.9. The number of aryl methyl sites for hydroxylation is 1. The molecular weight excluding hydrogens is 423 g/mol. The molecule has 154 valence electrons. The fraction of sp³-hybridized carbons (Fsp3) is 0.130. The van der Waals surface area contributed by atoms with Crippen molar-refractivity contribution in [2.45, 2.75) is 20.0 Å². The zero-order valence-electron chi connectivity index (χ0n) is 16.4. The van der Waals surface area contributed by atoms with Crippen molar-refractivity contribution in [3.8, 4) is 5.75 Å². The number of ether oxygens (including phenoxy) is 1. The molecule has 0 aliphatic rings. The number of hydrogen-bond donors (Lipinski definition) is 2. The van der Waals surface area contributed by atoms with Crippen LogP contribution in [0.2, 0.25) is 10.0 Å². The Bertz CT molecular complexity index is 1090. The van der Waals surface area contributed by atoms with E-state index >= 15 is 0 Å². The van der Waals surface area contributed by atoms with E-state index in [1.165, 1.54) is 0 Å². The molecule has 0 bridgehead atoms. The molecule has 3 aromatic carbocycles. The second-order valence-electron chi connectivity index (χ2n) is 6.73. The molecule has 3 rings (SSSR count). The van der Waals surface area contributed by atoms with Gasteiger partial charge in [-0.1, -0.05) is 41.4 Å². The maximum atomic E-state index is 12.5. The molecule has 0 aliphatic carbocycles. The monoisotopic (exact) mass is 442 g/mol. The van der Waals surface area contributed by atoms with Gasteiger partial charge in [0.05, 0.1) is 5.02 Å². The van der Waals surface area contributed by atoms with Gasteiger partial charge in [0.2, 0.25) is 0 Å². The third-order valence-electron chi connectivity index (χ3n) is 4.24. The number of carbonyl (C=O) groups is 2. The first-order valence-electron chi connectivity index (χ1n) is 9.22. The van der Waals surface area contributed by atoms with E-state index in [0.29, 0.717) is 32.7 Å². The first kappa shape index (κ1) is 21.7. The number of nitrogens with one attached hydrogen (secondary N) is 2. The van der Waals surface area contributed by atoms with Gasteiger partial charge in [0.1, 0.15) is 5.75 Å². The minimum absolute atomic E-state index is 0.269. The summed E-state index contributed by atoms with van der Waals surface area (Å²) in [6.45, 7) is 3.56. The van der Waals surface area contributed by atoms with Gasteiger partial charge in [-0.2, -0.15) is 0 Å². The Morgan fingerprint density at radius 3 is 2.30 bits per heavy atom. The van der Waals surface area contributed by atoms with Crippen LogP contribution in [0.1, 0.15) is 22.8 Å². The Labute approximate surface area is 185 Å². The summed E-state index contributed by atoms with van der Waals surface area (Å²) in [6, 6.07) is 19.0. The van der Waals surface area contributed by atoms with Gasteiger partial charge in [-0.05, 0) is 67.9 Å². The topological polar surface area (TPSA) is 67.4 Å². The van der Waals surface area contributed by atoms with E-state index in [1.54, 1.807) is 49.4 Å². The van der Waals surface area contributed by atoms with Crippen LogP contribution in [-0.4, -0.2) is 17.9 Å². The van der Waals surface area contributed by atoms with Gasteiger partial charge in [-0.25, -0.2) is 0 Å². The van der Waals surface area contributed by atoms with Crippen LogP contribution in [0.25, 0.3) is 0 Å². The lowest BCUT2D eigenvalue weighted by atomic mass is 10.1. The van der Waals surface area contributed by atoms with Crippen molar-refractivity contribution < 1.29 is 14.3 Å². The molecule has 0 aliphatic heterocycles. The predicted octanol–water partition coefficient (Wildman–Crippen LogP) is 5.96. The van der Waals surface area contributed by atoms with Gasteiger partial charge in [0, 0.05) is 22.0 Å². The van der Waals surface area contributed by atoms with Crippen molar-refractivity contribution >= 4 is 46.4 Å². The fourth-order valence-corrected chi connectivity index (χ4v) is 3.18. The molecule has 0 spiro atoms. The smallest absolute Gasteiger partial charge is 0.265 e. The van der Waals surface area contributed by atoms with Crippen LogP contribution in [0.5, 0.6) is 5.75 Å². The maximum Gasteiger partial charge on any atom is 0.265 e. The predicted molar refractivity (Wildman–Crippen MR) is 121 cm³/mol. The molecule has 5 nitrogen and oxygen atoms in total. The summed E-state index contributed by atoms with van der Waals surface area (Å²) in [6.07, 6.45) is -0.812. The molecule has 0 saturated heterocycles. The molecule has 2 amide bonds. The third kappa shape index (κ3) is 5.75. The second kappa shape index (κ2) is 9.65. The lowest BCUT2D eigenvalue weighted by Crippen LogP contribution is -2.30. The molecule has 0 heterocycles. The van der Waals surface area contributed by atoms with Crippen LogP contribution in [0.3, 0.4) is 0 Å². The highest BCUT2D eigenvalue weighted by molar-refractivity contribution is 6.35. The van der Waals surface area contributed by atoms with E-state index < -0.39 is 6.10 Å². The van der Waals surface area contributed by atoms with Crippen LogP contribution in [-0.2, 0) is 4.79 Å². The van der Waals surface area contributed by atoms with Crippen LogP contribution in [0, 0.1) is 6.92 Å². The first-order valence-corrected chi connectivity index (χ1v) is 9.98. The number of benzene rings is 3. The Morgan fingerprint density at radius 1 is 0.900 bits per heavy atom. The summed E-state index contributed by atoms with van der Waals surface area (Å²) in [4.78, 5) is 25.0. The highest BCUT2D eigenvalue weighted by Gasteiger charge is 2.17. The lowest BCUT2D eigenvalue weighted by molar-refractivity contribution is -0.122. The maximum absolute atomic E-state index is 12.5.